The lowest BCUT2D eigenvalue weighted by atomic mass is 10.2. The predicted molar refractivity (Wildman–Crippen MR) is 136 cm³/mol. The van der Waals surface area contributed by atoms with Crippen LogP contribution in [-0.2, 0) is 11.4 Å². The van der Waals surface area contributed by atoms with E-state index in [9.17, 15) is 4.79 Å². The molecule has 4 aromatic carbocycles. The van der Waals surface area contributed by atoms with Gasteiger partial charge >= 0.3 is 0 Å². The van der Waals surface area contributed by atoms with E-state index in [1.54, 1.807) is 6.08 Å². The highest BCUT2D eigenvalue weighted by Crippen LogP contribution is 2.25. The first-order valence-electron chi connectivity index (χ1n) is 10.8. The van der Waals surface area contributed by atoms with Crippen molar-refractivity contribution in [1.29, 1.82) is 0 Å². The summed E-state index contributed by atoms with van der Waals surface area (Å²) < 4.78 is 5.81. The topological polar surface area (TPSA) is 50.4 Å². The highest BCUT2D eigenvalue weighted by Gasteiger charge is 2.05. The number of anilines is 3. The first-order chi connectivity index (χ1) is 16.2. The maximum absolute atomic E-state index is 12.5. The van der Waals surface area contributed by atoms with Crippen LogP contribution in [0.3, 0.4) is 0 Å². The van der Waals surface area contributed by atoms with Gasteiger partial charge in [-0.1, -0.05) is 72.3 Å². The SMILES string of the molecule is Cc1ccc(Nc2ccccc2NC(=O)/C=C/c2ccc(OCc3ccccc3)cc2)cc1. The Labute approximate surface area is 194 Å². The third kappa shape index (κ3) is 6.58. The lowest BCUT2D eigenvalue weighted by Crippen LogP contribution is -2.09. The fourth-order valence-electron chi connectivity index (χ4n) is 3.26. The number of carbonyl (C=O) groups is 1. The number of hydrogen-bond acceptors (Lipinski definition) is 3. The van der Waals surface area contributed by atoms with Crippen LogP contribution in [0, 0.1) is 6.92 Å². The Morgan fingerprint density at radius 2 is 1.45 bits per heavy atom. The van der Waals surface area contributed by atoms with E-state index in [1.165, 1.54) is 11.6 Å². The molecule has 0 aliphatic heterocycles. The van der Waals surface area contributed by atoms with Gasteiger partial charge < -0.3 is 15.4 Å². The van der Waals surface area contributed by atoms with Crippen LogP contribution in [0.25, 0.3) is 6.08 Å². The Bertz CT molecular complexity index is 1210. The molecule has 0 unspecified atom stereocenters. The third-order valence-corrected chi connectivity index (χ3v) is 5.07. The quantitative estimate of drug-likeness (QED) is 0.294. The molecule has 0 aliphatic rings. The van der Waals surface area contributed by atoms with Crippen molar-refractivity contribution >= 4 is 29.0 Å². The molecule has 2 N–H and O–H groups in total. The first-order valence-corrected chi connectivity index (χ1v) is 10.8. The number of nitrogens with one attached hydrogen (secondary N) is 2. The summed E-state index contributed by atoms with van der Waals surface area (Å²) in [6, 6.07) is 33.5. The number of ether oxygens (including phenoxy) is 1. The summed E-state index contributed by atoms with van der Waals surface area (Å²) in [5.74, 6) is 0.592. The van der Waals surface area contributed by atoms with E-state index in [4.69, 9.17) is 4.74 Å². The van der Waals surface area contributed by atoms with Crippen LogP contribution in [0.15, 0.2) is 109 Å². The van der Waals surface area contributed by atoms with E-state index in [-0.39, 0.29) is 5.91 Å². The normalized spacial score (nSPS) is 10.7. The Balaban J connectivity index is 1.34. The summed E-state index contributed by atoms with van der Waals surface area (Å²) >= 11 is 0. The molecular formula is C29H26N2O2. The molecule has 164 valence electrons. The molecule has 0 heterocycles. The smallest absolute Gasteiger partial charge is 0.248 e. The van der Waals surface area contributed by atoms with Crippen LogP contribution in [0.5, 0.6) is 5.75 Å². The number of rotatable bonds is 8. The van der Waals surface area contributed by atoms with Gasteiger partial charge in [-0.05, 0) is 60.5 Å². The van der Waals surface area contributed by atoms with E-state index in [0.717, 1.165) is 33.9 Å². The van der Waals surface area contributed by atoms with Gasteiger partial charge in [0.25, 0.3) is 0 Å². The third-order valence-electron chi connectivity index (χ3n) is 5.07. The zero-order valence-electron chi connectivity index (χ0n) is 18.5. The zero-order chi connectivity index (χ0) is 22.9. The van der Waals surface area contributed by atoms with Crippen molar-refractivity contribution in [2.45, 2.75) is 13.5 Å². The highest BCUT2D eigenvalue weighted by atomic mass is 16.5. The molecule has 0 radical (unpaired) electrons. The first kappa shape index (κ1) is 21.9. The molecule has 4 nitrogen and oxygen atoms in total. The van der Waals surface area contributed by atoms with E-state index in [1.807, 2.05) is 103 Å². The molecule has 4 heteroatoms. The highest BCUT2D eigenvalue weighted by molar-refractivity contribution is 6.04. The van der Waals surface area contributed by atoms with Gasteiger partial charge in [-0.3, -0.25) is 4.79 Å². The molecule has 0 bridgehead atoms. The Morgan fingerprint density at radius 3 is 2.18 bits per heavy atom. The van der Waals surface area contributed by atoms with Crippen LogP contribution in [-0.4, -0.2) is 5.91 Å². The van der Waals surface area contributed by atoms with Crippen molar-refractivity contribution in [3.8, 4) is 5.75 Å². The number of amides is 1. The van der Waals surface area contributed by atoms with Crippen LogP contribution in [0.2, 0.25) is 0 Å². The summed E-state index contributed by atoms with van der Waals surface area (Å²) in [4.78, 5) is 12.5. The number of aryl methyl sites for hydroxylation is 1. The molecule has 4 rings (SSSR count). The minimum Gasteiger partial charge on any atom is -0.489 e. The number of carbonyl (C=O) groups excluding carboxylic acids is 1. The fraction of sp³-hybridized carbons (Fsp3) is 0.0690. The van der Waals surface area contributed by atoms with Crippen molar-refractivity contribution in [1.82, 2.24) is 0 Å². The van der Waals surface area contributed by atoms with Gasteiger partial charge in [-0.25, -0.2) is 0 Å². The van der Waals surface area contributed by atoms with Gasteiger partial charge in [0.05, 0.1) is 11.4 Å². The molecule has 0 saturated heterocycles. The Hall–Kier alpha value is -4.31. The predicted octanol–water partition coefficient (Wildman–Crippen LogP) is 6.97. The van der Waals surface area contributed by atoms with Crippen LogP contribution in [0.1, 0.15) is 16.7 Å². The summed E-state index contributed by atoms with van der Waals surface area (Å²) in [7, 11) is 0. The number of hydrogen-bond donors (Lipinski definition) is 2. The molecule has 0 aromatic heterocycles. The van der Waals surface area contributed by atoms with Gasteiger partial charge in [0, 0.05) is 11.8 Å². The summed E-state index contributed by atoms with van der Waals surface area (Å²) in [5, 5.41) is 6.31. The molecule has 0 atom stereocenters. The minimum absolute atomic E-state index is 0.197. The maximum atomic E-state index is 12.5. The van der Waals surface area contributed by atoms with Crippen molar-refractivity contribution in [2.75, 3.05) is 10.6 Å². The maximum Gasteiger partial charge on any atom is 0.248 e. The largest absolute Gasteiger partial charge is 0.489 e. The van der Waals surface area contributed by atoms with E-state index >= 15 is 0 Å². The molecular weight excluding hydrogens is 408 g/mol. The number of para-hydroxylation sites is 2. The molecule has 4 aromatic rings. The van der Waals surface area contributed by atoms with Gasteiger partial charge in [-0.2, -0.15) is 0 Å². The number of benzene rings is 4. The van der Waals surface area contributed by atoms with E-state index < -0.39 is 0 Å². The van der Waals surface area contributed by atoms with Crippen molar-refractivity contribution < 1.29 is 9.53 Å². The van der Waals surface area contributed by atoms with Gasteiger partial charge in [0.1, 0.15) is 12.4 Å². The minimum atomic E-state index is -0.197. The summed E-state index contributed by atoms with van der Waals surface area (Å²) in [6.45, 7) is 2.57. The van der Waals surface area contributed by atoms with Gasteiger partial charge in [0.2, 0.25) is 5.91 Å². The fourth-order valence-corrected chi connectivity index (χ4v) is 3.26. The second-order valence-corrected chi connectivity index (χ2v) is 7.70. The summed E-state index contributed by atoms with van der Waals surface area (Å²) in [6.07, 6.45) is 3.31. The van der Waals surface area contributed by atoms with Crippen molar-refractivity contribution in [3.63, 3.8) is 0 Å². The lowest BCUT2D eigenvalue weighted by Gasteiger charge is -2.12. The van der Waals surface area contributed by atoms with Crippen LogP contribution >= 0.6 is 0 Å². The van der Waals surface area contributed by atoms with E-state index in [2.05, 4.69) is 17.6 Å². The Kier molecular flexibility index (Phi) is 7.18. The molecule has 0 spiro atoms. The summed E-state index contributed by atoms with van der Waals surface area (Å²) in [5.41, 5.74) is 5.76. The zero-order valence-corrected chi connectivity index (χ0v) is 18.5. The standard InChI is InChI=1S/C29H26N2O2/c1-22-11-16-25(17-12-22)30-27-9-5-6-10-28(27)31-29(32)20-15-23-13-18-26(19-14-23)33-21-24-7-3-2-4-8-24/h2-20,30H,21H2,1H3,(H,31,32)/b20-15+. The average molecular weight is 435 g/mol. The van der Waals surface area contributed by atoms with Gasteiger partial charge in [0.15, 0.2) is 0 Å². The van der Waals surface area contributed by atoms with Crippen LogP contribution in [0.4, 0.5) is 17.1 Å². The average Bonchev–Trinajstić information content (AvgIpc) is 2.85. The molecule has 1 amide bonds. The molecule has 0 saturated carbocycles. The molecule has 0 fully saturated rings. The van der Waals surface area contributed by atoms with Crippen LogP contribution < -0.4 is 15.4 Å². The monoisotopic (exact) mass is 434 g/mol. The van der Waals surface area contributed by atoms with Crippen molar-refractivity contribution in [3.05, 3.63) is 126 Å². The van der Waals surface area contributed by atoms with Gasteiger partial charge in [-0.15, -0.1) is 0 Å². The Morgan fingerprint density at radius 1 is 0.788 bits per heavy atom. The van der Waals surface area contributed by atoms with E-state index in [0.29, 0.717) is 6.61 Å². The second-order valence-electron chi connectivity index (χ2n) is 7.70. The molecule has 0 aliphatic carbocycles. The molecule has 33 heavy (non-hydrogen) atoms. The lowest BCUT2D eigenvalue weighted by molar-refractivity contribution is -0.111. The second kappa shape index (κ2) is 10.8. The van der Waals surface area contributed by atoms with Crippen molar-refractivity contribution in [2.24, 2.45) is 0 Å².